The van der Waals surface area contributed by atoms with E-state index < -0.39 is 105 Å². The van der Waals surface area contributed by atoms with Crippen molar-refractivity contribution < 1.29 is 69.3 Å². The second-order valence-corrected chi connectivity index (χ2v) is 9.04. The zero-order chi connectivity index (χ0) is 26.2. The first kappa shape index (κ1) is 28.5. The molecule has 3 aliphatic heterocycles. The number of aliphatic hydroxyl groups excluding tert-OH is 8. The Bertz CT molecular complexity index is 715. The van der Waals surface area contributed by atoms with E-state index in [1.54, 1.807) is 0 Å². The molecule has 0 spiro atoms. The lowest BCUT2D eigenvalue weighted by molar-refractivity contribution is -0.364. The molecule has 15 atom stereocenters. The highest BCUT2D eigenvalue weighted by Crippen LogP contribution is 2.32. The molecule has 0 aromatic carbocycles. The molecule has 0 bridgehead atoms. The van der Waals surface area contributed by atoms with Crippen LogP contribution in [0.15, 0.2) is 0 Å². The Morgan fingerprint density at radius 2 is 1.31 bits per heavy atom. The maximum absolute atomic E-state index is 12.0. The van der Waals surface area contributed by atoms with Gasteiger partial charge in [-0.05, 0) is 13.8 Å². The van der Waals surface area contributed by atoms with Crippen LogP contribution in [0.25, 0.3) is 0 Å². The fraction of sp³-hybridized carbons (Fsp3) is 0.950. The molecular weight excluding hydrogens is 478 g/mol. The van der Waals surface area contributed by atoms with E-state index in [0.717, 1.165) is 6.92 Å². The third-order valence-corrected chi connectivity index (χ3v) is 6.42. The number of ether oxygens (including phenoxy) is 5. The van der Waals surface area contributed by atoms with Gasteiger partial charge < -0.3 is 69.9 Å². The van der Waals surface area contributed by atoms with Gasteiger partial charge in [0, 0.05) is 6.92 Å². The van der Waals surface area contributed by atoms with Crippen molar-refractivity contribution in [1.29, 1.82) is 0 Å². The van der Waals surface area contributed by atoms with Crippen LogP contribution in [0.4, 0.5) is 0 Å². The fourth-order valence-corrected chi connectivity index (χ4v) is 4.34. The highest BCUT2D eigenvalue weighted by Gasteiger charge is 2.53. The summed E-state index contributed by atoms with van der Waals surface area (Å²) in [5.74, 6) is -0.626. The minimum absolute atomic E-state index is 0.626. The lowest BCUT2D eigenvalue weighted by Gasteiger charge is -2.49. The Morgan fingerprint density at radius 1 is 0.743 bits per heavy atom. The Balaban J connectivity index is 1.87. The van der Waals surface area contributed by atoms with E-state index in [1.165, 1.54) is 13.8 Å². The van der Waals surface area contributed by atoms with E-state index in [4.69, 9.17) is 23.7 Å². The lowest BCUT2D eigenvalue weighted by atomic mass is 9.95. The number of rotatable bonds is 6. The zero-order valence-electron chi connectivity index (χ0n) is 19.4. The molecule has 3 saturated heterocycles. The molecule has 3 heterocycles. The van der Waals surface area contributed by atoms with Crippen LogP contribution < -0.4 is 5.32 Å². The number of nitrogens with one attached hydrogen (secondary N) is 1. The molecule has 1 unspecified atom stereocenters. The zero-order valence-corrected chi connectivity index (χ0v) is 19.4. The van der Waals surface area contributed by atoms with E-state index in [9.17, 15) is 45.6 Å². The van der Waals surface area contributed by atoms with Gasteiger partial charge in [-0.3, -0.25) is 4.79 Å². The Hall–Kier alpha value is -1.05. The second-order valence-electron chi connectivity index (χ2n) is 9.04. The Kier molecular flexibility index (Phi) is 9.42. The lowest BCUT2D eigenvalue weighted by Crippen LogP contribution is -2.69. The summed E-state index contributed by atoms with van der Waals surface area (Å²) < 4.78 is 27.5. The summed E-state index contributed by atoms with van der Waals surface area (Å²) in [6, 6.07) is -1.36. The van der Waals surface area contributed by atoms with Crippen molar-refractivity contribution >= 4 is 5.91 Å². The van der Waals surface area contributed by atoms with Gasteiger partial charge in [0.05, 0.1) is 18.8 Å². The predicted molar refractivity (Wildman–Crippen MR) is 110 cm³/mol. The molecule has 0 radical (unpaired) electrons. The van der Waals surface area contributed by atoms with Crippen molar-refractivity contribution in [3.63, 3.8) is 0 Å². The van der Waals surface area contributed by atoms with Crippen LogP contribution in [0.5, 0.6) is 0 Å². The monoisotopic (exact) mass is 513 g/mol. The fourth-order valence-electron chi connectivity index (χ4n) is 4.34. The van der Waals surface area contributed by atoms with Gasteiger partial charge in [0.25, 0.3) is 0 Å². The van der Waals surface area contributed by atoms with E-state index in [0.29, 0.717) is 0 Å². The molecule has 1 amide bonds. The minimum Gasteiger partial charge on any atom is -0.394 e. The van der Waals surface area contributed by atoms with Crippen LogP contribution in [0.2, 0.25) is 0 Å². The van der Waals surface area contributed by atoms with Gasteiger partial charge in [0.15, 0.2) is 18.9 Å². The predicted octanol–water partition coefficient (Wildman–Crippen LogP) is -5.37. The average Bonchev–Trinajstić information content (AvgIpc) is 2.80. The molecule has 35 heavy (non-hydrogen) atoms. The number of hydrogen-bond acceptors (Lipinski definition) is 14. The largest absolute Gasteiger partial charge is 0.394 e. The van der Waals surface area contributed by atoms with Crippen molar-refractivity contribution in [2.45, 2.75) is 113 Å². The summed E-state index contributed by atoms with van der Waals surface area (Å²) in [6.45, 7) is 3.24. The topological polar surface area (TPSA) is 237 Å². The summed E-state index contributed by atoms with van der Waals surface area (Å²) in [6.07, 6.45) is -20.6. The Labute approximate surface area is 200 Å². The molecular formula is C20H35NO14. The van der Waals surface area contributed by atoms with E-state index in [-0.39, 0.29) is 0 Å². The van der Waals surface area contributed by atoms with Crippen LogP contribution in [-0.2, 0) is 28.5 Å². The highest BCUT2D eigenvalue weighted by molar-refractivity contribution is 5.73. The summed E-state index contributed by atoms with van der Waals surface area (Å²) in [4.78, 5) is 12.0. The van der Waals surface area contributed by atoms with Crippen LogP contribution in [0.1, 0.15) is 20.8 Å². The number of carbonyl (C=O) groups excluding carboxylic acids is 1. The van der Waals surface area contributed by atoms with Gasteiger partial charge in [-0.25, -0.2) is 0 Å². The molecule has 3 rings (SSSR count). The molecule has 204 valence electrons. The van der Waals surface area contributed by atoms with Gasteiger partial charge >= 0.3 is 0 Å². The van der Waals surface area contributed by atoms with Gasteiger partial charge in [-0.2, -0.15) is 0 Å². The first-order valence-corrected chi connectivity index (χ1v) is 11.3. The number of aliphatic hydroxyl groups is 8. The van der Waals surface area contributed by atoms with Gasteiger partial charge in [0.1, 0.15) is 61.0 Å². The summed E-state index contributed by atoms with van der Waals surface area (Å²) in [5.41, 5.74) is 0. The molecule has 0 aromatic heterocycles. The van der Waals surface area contributed by atoms with E-state index in [2.05, 4.69) is 5.32 Å². The molecule has 3 fully saturated rings. The number of amides is 1. The second kappa shape index (κ2) is 11.6. The molecule has 0 aromatic rings. The first-order valence-electron chi connectivity index (χ1n) is 11.3. The van der Waals surface area contributed by atoms with Crippen LogP contribution in [0.3, 0.4) is 0 Å². The van der Waals surface area contributed by atoms with Gasteiger partial charge in [-0.15, -0.1) is 0 Å². The molecule has 15 nitrogen and oxygen atoms in total. The van der Waals surface area contributed by atoms with Crippen molar-refractivity contribution in [1.82, 2.24) is 5.32 Å². The van der Waals surface area contributed by atoms with Crippen molar-refractivity contribution in [3.8, 4) is 0 Å². The van der Waals surface area contributed by atoms with Crippen LogP contribution in [0, 0.1) is 0 Å². The minimum atomic E-state index is -1.74. The number of hydrogen-bond donors (Lipinski definition) is 9. The maximum atomic E-state index is 12.0. The van der Waals surface area contributed by atoms with Crippen LogP contribution in [-0.4, -0.2) is 145 Å². The summed E-state index contributed by atoms with van der Waals surface area (Å²) in [5, 5.41) is 84.1. The molecule has 0 aliphatic carbocycles. The van der Waals surface area contributed by atoms with Crippen LogP contribution >= 0.6 is 0 Å². The number of carbonyl (C=O) groups is 1. The molecule has 0 saturated carbocycles. The normalized spacial score (nSPS) is 51.1. The Morgan fingerprint density at radius 3 is 1.91 bits per heavy atom. The van der Waals surface area contributed by atoms with Crippen molar-refractivity contribution in [3.05, 3.63) is 0 Å². The molecule has 9 N–H and O–H groups in total. The molecule has 15 heteroatoms. The van der Waals surface area contributed by atoms with Crippen molar-refractivity contribution in [2.75, 3.05) is 6.61 Å². The van der Waals surface area contributed by atoms with E-state index in [1.807, 2.05) is 0 Å². The van der Waals surface area contributed by atoms with E-state index >= 15 is 0 Å². The summed E-state index contributed by atoms with van der Waals surface area (Å²) >= 11 is 0. The smallest absolute Gasteiger partial charge is 0.217 e. The van der Waals surface area contributed by atoms with Gasteiger partial charge in [-0.1, -0.05) is 0 Å². The third-order valence-electron chi connectivity index (χ3n) is 6.42. The quantitative estimate of drug-likeness (QED) is 0.161. The summed E-state index contributed by atoms with van der Waals surface area (Å²) in [7, 11) is 0. The maximum Gasteiger partial charge on any atom is 0.217 e. The molecule has 3 aliphatic rings. The van der Waals surface area contributed by atoms with Crippen molar-refractivity contribution in [2.24, 2.45) is 0 Å². The van der Waals surface area contributed by atoms with Gasteiger partial charge in [0.2, 0.25) is 5.91 Å². The standard InChI is InChI=1S/C20H35NO14/c1-5-11(25)14(28)17(18(30)31-5)35-19-9(21-7(3)23)16(12(26)8(4-22)33-19)34-20-15(29)13(27)10(24)6(2)32-20/h5-6,8-20,22,24-30H,4H2,1-3H3,(H,21,23)/t5-,6-,8+,9+,10-,11-,12+,13+,14+,15+,16+,17+,18?,19-,20-/m0/s1. The first-order chi connectivity index (χ1) is 16.4. The third kappa shape index (κ3) is 5.93. The average molecular weight is 513 g/mol. The SMILES string of the molecule is CC(=O)N[C@H]1[C@H](O[C@H]2C(O)O[C@@H](C)[C@H](O)[C@H]2O)O[C@H](CO)[C@@H](O)[C@@H]1O[C@@H]1O[C@@H](C)[C@H](O)[C@@H](O)[C@H]1O. The highest BCUT2D eigenvalue weighted by atomic mass is 16.7.